The molecule has 1 aliphatic rings. The average molecular weight is 370 g/mol. The van der Waals surface area contributed by atoms with Crippen LogP contribution < -0.4 is 5.73 Å². The van der Waals surface area contributed by atoms with Gasteiger partial charge in [0.15, 0.2) is 0 Å². The van der Waals surface area contributed by atoms with Gasteiger partial charge < -0.3 is 10.6 Å². The minimum atomic E-state index is -0.196. The van der Waals surface area contributed by atoms with E-state index in [0.29, 0.717) is 16.6 Å². The number of carbonyl (C=O) groups excluding carboxylic acids is 1. The zero-order valence-corrected chi connectivity index (χ0v) is 14.9. The number of nitrogens with two attached hydrogens (primary N) is 1. The van der Waals surface area contributed by atoms with Crippen LogP contribution in [0.25, 0.3) is 0 Å². The third-order valence-corrected chi connectivity index (χ3v) is 5.30. The van der Waals surface area contributed by atoms with Gasteiger partial charge in [-0.05, 0) is 38.0 Å². The maximum Gasteiger partial charge on any atom is 0.236 e. The van der Waals surface area contributed by atoms with Crippen molar-refractivity contribution in [2.24, 2.45) is 5.73 Å². The van der Waals surface area contributed by atoms with Crippen molar-refractivity contribution in [3.05, 3.63) is 28.2 Å². The van der Waals surface area contributed by atoms with Gasteiger partial charge in [-0.2, -0.15) is 0 Å². The van der Waals surface area contributed by atoms with Gasteiger partial charge in [0.25, 0.3) is 0 Å². The Balaban J connectivity index is 0.00000220. The topological polar surface area (TPSA) is 46.3 Å². The highest BCUT2D eigenvalue weighted by Gasteiger charge is 2.31. The predicted molar refractivity (Wildman–Crippen MR) is 92.8 cm³/mol. The summed E-state index contributed by atoms with van der Waals surface area (Å²) in [6, 6.07) is 5.47. The lowest BCUT2D eigenvalue weighted by atomic mass is 10.2. The van der Waals surface area contributed by atoms with Gasteiger partial charge in [0.2, 0.25) is 5.91 Å². The number of nitrogens with zero attached hydrogens (tertiary/aromatic N) is 1. The molecular weight excluding hydrogens is 351 g/mol. The van der Waals surface area contributed by atoms with Crippen molar-refractivity contribution in [3.63, 3.8) is 0 Å². The summed E-state index contributed by atoms with van der Waals surface area (Å²) in [6.45, 7) is 3.23. The SMILES string of the molecule is CC(Sc1cc(Cl)ccc1Cl)C(=O)N1CCCC1CN.Cl. The molecular formula is C14H19Cl3N2OS. The summed E-state index contributed by atoms with van der Waals surface area (Å²) in [5, 5.41) is 1.05. The van der Waals surface area contributed by atoms with E-state index in [4.69, 9.17) is 28.9 Å². The molecule has 1 heterocycles. The maximum atomic E-state index is 12.5. The zero-order chi connectivity index (χ0) is 14.7. The van der Waals surface area contributed by atoms with Gasteiger partial charge in [0.05, 0.1) is 10.3 Å². The molecule has 1 saturated heterocycles. The zero-order valence-electron chi connectivity index (χ0n) is 11.7. The van der Waals surface area contributed by atoms with Gasteiger partial charge in [-0.1, -0.05) is 23.2 Å². The van der Waals surface area contributed by atoms with Crippen LogP contribution in [0, 0.1) is 0 Å². The summed E-state index contributed by atoms with van der Waals surface area (Å²) in [7, 11) is 0. The van der Waals surface area contributed by atoms with E-state index in [1.807, 2.05) is 11.8 Å². The standard InChI is InChI=1S/C14H18Cl2N2OS.ClH/c1-9(14(19)18-6-2-3-11(18)8-17)20-13-7-10(15)4-5-12(13)16;/h4-5,7,9,11H,2-3,6,8,17H2,1H3;1H. The molecule has 1 amide bonds. The predicted octanol–water partition coefficient (Wildman–Crippen LogP) is 3.85. The monoisotopic (exact) mass is 368 g/mol. The number of halogens is 3. The van der Waals surface area contributed by atoms with Crippen molar-refractivity contribution in [2.75, 3.05) is 13.1 Å². The lowest BCUT2D eigenvalue weighted by Gasteiger charge is -2.26. The molecule has 1 aliphatic heterocycles. The van der Waals surface area contributed by atoms with Crippen molar-refractivity contribution < 1.29 is 4.79 Å². The van der Waals surface area contributed by atoms with Gasteiger partial charge in [0.1, 0.15) is 0 Å². The molecule has 1 aromatic carbocycles. The van der Waals surface area contributed by atoms with Gasteiger partial charge in [-0.15, -0.1) is 24.2 Å². The fourth-order valence-electron chi connectivity index (χ4n) is 2.41. The summed E-state index contributed by atoms with van der Waals surface area (Å²) in [4.78, 5) is 15.2. The van der Waals surface area contributed by atoms with Crippen molar-refractivity contribution in [3.8, 4) is 0 Å². The first-order valence-electron chi connectivity index (χ1n) is 6.65. The van der Waals surface area contributed by atoms with Crippen LogP contribution >= 0.6 is 47.4 Å². The molecule has 118 valence electrons. The lowest BCUT2D eigenvalue weighted by molar-refractivity contribution is -0.130. The molecule has 2 N–H and O–H groups in total. The molecule has 21 heavy (non-hydrogen) atoms. The number of benzene rings is 1. The fourth-order valence-corrected chi connectivity index (χ4v) is 3.89. The first-order valence-corrected chi connectivity index (χ1v) is 8.28. The van der Waals surface area contributed by atoms with E-state index in [9.17, 15) is 4.79 Å². The first-order chi connectivity index (χ1) is 9.52. The quantitative estimate of drug-likeness (QED) is 0.820. The van der Waals surface area contributed by atoms with Crippen molar-refractivity contribution in [2.45, 2.75) is 36.0 Å². The number of thioether (sulfide) groups is 1. The highest BCUT2D eigenvalue weighted by atomic mass is 35.5. The largest absolute Gasteiger partial charge is 0.337 e. The number of hydrogen-bond acceptors (Lipinski definition) is 3. The second-order valence-electron chi connectivity index (χ2n) is 4.90. The number of likely N-dealkylation sites (tertiary alicyclic amines) is 1. The third kappa shape index (κ3) is 4.67. The van der Waals surface area contributed by atoms with E-state index in [0.717, 1.165) is 24.3 Å². The molecule has 0 aliphatic carbocycles. The number of amides is 1. The van der Waals surface area contributed by atoms with E-state index in [1.54, 1.807) is 18.2 Å². The van der Waals surface area contributed by atoms with E-state index >= 15 is 0 Å². The summed E-state index contributed by atoms with van der Waals surface area (Å²) in [5.41, 5.74) is 5.72. The molecule has 0 radical (unpaired) electrons. The Morgan fingerprint density at radius 1 is 1.52 bits per heavy atom. The highest BCUT2D eigenvalue weighted by Crippen LogP contribution is 2.34. The second-order valence-corrected chi connectivity index (χ2v) is 7.12. The highest BCUT2D eigenvalue weighted by molar-refractivity contribution is 8.00. The normalized spacial score (nSPS) is 19.2. The summed E-state index contributed by atoms with van der Waals surface area (Å²) < 4.78 is 0. The van der Waals surface area contributed by atoms with Crippen LogP contribution in [0.4, 0.5) is 0 Å². The van der Waals surface area contributed by atoms with Crippen LogP contribution in [-0.4, -0.2) is 35.2 Å². The van der Waals surface area contributed by atoms with Crippen LogP contribution in [0.1, 0.15) is 19.8 Å². The summed E-state index contributed by atoms with van der Waals surface area (Å²) in [6.07, 6.45) is 2.03. The molecule has 2 unspecified atom stereocenters. The van der Waals surface area contributed by atoms with Crippen LogP contribution in [-0.2, 0) is 4.79 Å². The molecule has 3 nitrogen and oxygen atoms in total. The van der Waals surface area contributed by atoms with Crippen molar-refractivity contribution in [1.82, 2.24) is 4.90 Å². The minimum absolute atomic E-state index is 0. The van der Waals surface area contributed by atoms with Crippen LogP contribution in [0.3, 0.4) is 0 Å². The molecule has 0 saturated carbocycles. The Morgan fingerprint density at radius 3 is 2.90 bits per heavy atom. The smallest absolute Gasteiger partial charge is 0.236 e. The fraction of sp³-hybridized carbons (Fsp3) is 0.500. The van der Waals surface area contributed by atoms with Crippen molar-refractivity contribution in [1.29, 1.82) is 0 Å². The average Bonchev–Trinajstić information content (AvgIpc) is 2.90. The molecule has 1 fully saturated rings. The van der Waals surface area contributed by atoms with Gasteiger partial charge in [-0.3, -0.25) is 4.79 Å². The Hall–Kier alpha value is -0.130. The first kappa shape index (κ1) is 18.9. The molecule has 2 rings (SSSR count). The molecule has 2 atom stereocenters. The van der Waals surface area contributed by atoms with Crippen LogP contribution in [0.2, 0.25) is 10.0 Å². The Morgan fingerprint density at radius 2 is 2.24 bits per heavy atom. The Labute approximate surface area is 145 Å². The molecule has 0 aromatic heterocycles. The number of hydrogen-bond donors (Lipinski definition) is 1. The van der Waals surface area contributed by atoms with E-state index in [-0.39, 0.29) is 29.6 Å². The molecule has 0 bridgehead atoms. The maximum absolute atomic E-state index is 12.5. The van der Waals surface area contributed by atoms with E-state index in [1.165, 1.54) is 11.8 Å². The van der Waals surface area contributed by atoms with E-state index in [2.05, 4.69) is 0 Å². The van der Waals surface area contributed by atoms with Crippen molar-refractivity contribution >= 4 is 53.3 Å². The second kappa shape index (κ2) is 8.49. The van der Waals surface area contributed by atoms with Crippen LogP contribution in [0.15, 0.2) is 23.1 Å². The lowest BCUT2D eigenvalue weighted by Crippen LogP contribution is -2.43. The van der Waals surface area contributed by atoms with Gasteiger partial charge in [0, 0.05) is 29.0 Å². The molecule has 0 spiro atoms. The van der Waals surface area contributed by atoms with Gasteiger partial charge >= 0.3 is 0 Å². The van der Waals surface area contributed by atoms with Crippen LogP contribution in [0.5, 0.6) is 0 Å². The molecule has 7 heteroatoms. The summed E-state index contributed by atoms with van der Waals surface area (Å²) in [5.74, 6) is 0.124. The Kier molecular flexibility index (Phi) is 7.65. The minimum Gasteiger partial charge on any atom is -0.337 e. The summed E-state index contributed by atoms with van der Waals surface area (Å²) >= 11 is 13.5. The number of rotatable bonds is 4. The number of carbonyl (C=O) groups is 1. The van der Waals surface area contributed by atoms with E-state index < -0.39 is 0 Å². The molecule has 1 aromatic rings. The van der Waals surface area contributed by atoms with Gasteiger partial charge in [-0.25, -0.2) is 0 Å². The third-order valence-electron chi connectivity index (χ3n) is 3.48. The Bertz CT molecular complexity index is 501.